The lowest BCUT2D eigenvalue weighted by molar-refractivity contribution is 0.352. The summed E-state index contributed by atoms with van der Waals surface area (Å²) in [7, 11) is 0. The molecule has 98 valence electrons. The highest BCUT2D eigenvalue weighted by atomic mass is 79.9. The summed E-state index contributed by atoms with van der Waals surface area (Å²) >= 11 is 9.22. The van der Waals surface area contributed by atoms with Gasteiger partial charge in [-0.05, 0) is 17.7 Å². The van der Waals surface area contributed by atoms with Crippen molar-refractivity contribution in [3.63, 3.8) is 0 Å². The second-order valence-corrected chi connectivity index (χ2v) is 5.58. The van der Waals surface area contributed by atoms with Crippen molar-refractivity contribution in [1.82, 2.24) is 9.55 Å². The molecule has 0 saturated carbocycles. The Bertz CT molecular complexity index is 700. The van der Waals surface area contributed by atoms with E-state index in [0.29, 0.717) is 13.2 Å². The van der Waals surface area contributed by atoms with E-state index < -0.39 is 0 Å². The molecule has 0 N–H and O–H groups in total. The molecule has 0 atom stereocenters. The van der Waals surface area contributed by atoms with Crippen molar-refractivity contribution in [2.75, 3.05) is 6.61 Å². The molecule has 0 fully saturated rings. The fourth-order valence-corrected chi connectivity index (χ4v) is 2.91. The molecule has 0 saturated heterocycles. The van der Waals surface area contributed by atoms with Crippen LogP contribution in [-0.2, 0) is 13.0 Å². The molecule has 4 nitrogen and oxygen atoms in total. The van der Waals surface area contributed by atoms with Crippen LogP contribution < -0.4 is 10.3 Å². The molecule has 0 bridgehead atoms. The van der Waals surface area contributed by atoms with Gasteiger partial charge in [-0.25, -0.2) is 4.98 Å². The van der Waals surface area contributed by atoms with Crippen LogP contribution in [0.2, 0.25) is 5.15 Å². The number of benzene rings is 1. The number of fused-ring (bicyclic) bond motifs is 1. The highest BCUT2D eigenvalue weighted by molar-refractivity contribution is 9.10. The Labute approximate surface area is 123 Å². The summed E-state index contributed by atoms with van der Waals surface area (Å²) in [6.45, 7) is 1.10. The number of halogens is 2. The lowest BCUT2D eigenvalue weighted by Gasteiger charge is -2.11. The zero-order chi connectivity index (χ0) is 13.4. The molecule has 0 amide bonds. The van der Waals surface area contributed by atoms with E-state index in [1.165, 1.54) is 10.8 Å². The maximum Gasteiger partial charge on any atom is 0.288 e. The Morgan fingerprint density at radius 2 is 2.32 bits per heavy atom. The molecule has 1 aromatic heterocycles. The van der Waals surface area contributed by atoms with Crippen molar-refractivity contribution in [3.8, 4) is 5.75 Å². The molecule has 19 heavy (non-hydrogen) atoms. The van der Waals surface area contributed by atoms with Gasteiger partial charge in [-0.2, -0.15) is 0 Å². The van der Waals surface area contributed by atoms with E-state index in [9.17, 15) is 4.79 Å². The van der Waals surface area contributed by atoms with Crippen LogP contribution >= 0.6 is 27.5 Å². The van der Waals surface area contributed by atoms with E-state index in [-0.39, 0.29) is 10.7 Å². The predicted molar refractivity (Wildman–Crippen MR) is 76.0 cm³/mol. The number of hydrogen-bond donors (Lipinski definition) is 0. The van der Waals surface area contributed by atoms with Gasteiger partial charge in [-0.3, -0.25) is 4.79 Å². The van der Waals surface area contributed by atoms with E-state index in [0.717, 1.165) is 27.8 Å². The maximum absolute atomic E-state index is 11.9. The van der Waals surface area contributed by atoms with Crippen LogP contribution in [0.5, 0.6) is 5.75 Å². The van der Waals surface area contributed by atoms with Crippen LogP contribution in [-0.4, -0.2) is 16.2 Å². The van der Waals surface area contributed by atoms with E-state index in [2.05, 4.69) is 20.9 Å². The molecular weight excluding hydrogens is 332 g/mol. The van der Waals surface area contributed by atoms with Gasteiger partial charge in [0.1, 0.15) is 5.75 Å². The van der Waals surface area contributed by atoms with Gasteiger partial charge in [0.05, 0.1) is 13.2 Å². The molecule has 0 radical (unpaired) electrons. The van der Waals surface area contributed by atoms with Gasteiger partial charge in [-0.1, -0.05) is 27.5 Å². The van der Waals surface area contributed by atoms with Crippen molar-refractivity contribution in [3.05, 3.63) is 55.6 Å². The first-order chi connectivity index (χ1) is 9.15. The minimum atomic E-state index is -0.295. The average Bonchev–Trinajstić information content (AvgIpc) is 2.83. The van der Waals surface area contributed by atoms with Gasteiger partial charge in [0, 0.05) is 28.9 Å². The normalized spacial score (nSPS) is 13.2. The Balaban J connectivity index is 2.05. The van der Waals surface area contributed by atoms with Crippen LogP contribution in [0.1, 0.15) is 11.1 Å². The number of aromatic nitrogens is 2. The first-order valence-corrected chi connectivity index (χ1v) is 6.97. The fourth-order valence-electron chi connectivity index (χ4n) is 2.19. The van der Waals surface area contributed by atoms with E-state index in [4.69, 9.17) is 16.3 Å². The number of rotatable bonds is 2. The van der Waals surface area contributed by atoms with Crippen molar-refractivity contribution in [2.24, 2.45) is 0 Å². The summed E-state index contributed by atoms with van der Waals surface area (Å²) in [5.74, 6) is 0.878. The Hall–Kier alpha value is -1.33. The largest absolute Gasteiger partial charge is 0.493 e. The van der Waals surface area contributed by atoms with Gasteiger partial charge >= 0.3 is 0 Å². The van der Waals surface area contributed by atoms with E-state index >= 15 is 0 Å². The minimum absolute atomic E-state index is 0.0185. The monoisotopic (exact) mass is 340 g/mol. The highest BCUT2D eigenvalue weighted by Gasteiger charge is 2.18. The summed E-state index contributed by atoms with van der Waals surface area (Å²) in [4.78, 5) is 15.6. The number of nitrogens with zero attached hydrogens (tertiary/aromatic N) is 2. The molecule has 2 heterocycles. The van der Waals surface area contributed by atoms with Crippen LogP contribution in [0.4, 0.5) is 0 Å². The van der Waals surface area contributed by atoms with Crippen molar-refractivity contribution in [2.45, 2.75) is 13.0 Å². The van der Waals surface area contributed by atoms with Crippen LogP contribution in [0.25, 0.3) is 0 Å². The van der Waals surface area contributed by atoms with Crippen LogP contribution in [0, 0.1) is 0 Å². The predicted octanol–water partition coefficient (Wildman–Crippen LogP) is 2.64. The standard InChI is InChI=1S/C13H10BrClN2O2/c14-10-5-8-1-4-19-11(8)9(6-10)7-17-3-2-16-12(15)13(17)18/h2-3,5-6H,1,4,7H2. The van der Waals surface area contributed by atoms with Crippen LogP contribution in [0.3, 0.4) is 0 Å². The molecule has 1 aliphatic rings. The molecule has 6 heteroatoms. The number of hydrogen-bond acceptors (Lipinski definition) is 3. The molecule has 0 spiro atoms. The van der Waals surface area contributed by atoms with Crippen molar-refractivity contribution < 1.29 is 4.74 Å². The second-order valence-electron chi connectivity index (χ2n) is 4.30. The third kappa shape index (κ3) is 2.40. The molecule has 3 rings (SSSR count). The fraction of sp³-hybridized carbons (Fsp3) is 0.231. The zero-order valence-corrected chi connectivity index (χ0v) is 12.2. The zero-order valence-electron chi connectivity index (χ0n) is 9.90. The molecule has 0 aliphatic carbocycles. The van der Waals surface area contributed by atoms with E-state index in [1.807, 2.05) is 12.1 Å². The van der Waals surface area contributed by atoms with Gasteiger partial charge in [0.15, 0.2) is 5.15 Å². The lowest BCUT2D eigenvalue weighted by Crippen LogP contribution is -2.21. The van der Waals surface area contributed by atoms with Crippen molar-refractivity contribution in [1.29, 1.82) is 0 Å². The summed E-state index contributed by atoms with van der Waals surface area (Å²) in [6, 6.07) is 4.01. The summed E-state index contributed by atoms with van der Waals surface area (Å²) in [5.41, 5.74) is 1.83. The molecule has 2 aromatic rings. The van der Waals surface area contributed by atoms with Gasteiger partial charge < -0.3 is 9.30 Å². The van der Waals surface area contributed by atoms with Crippen LogP contribution in [0.15, 0.2) is 33.8 Å². The first kappa shape index (κ1) is 12.7. The summed E-state index contributed by atoms with van der Waals surface area (Å²) in [5, 5.41) is -0.0185. The Kier molecular flexibility index (Phi) is 3.33. The minimum Gasteiger partial charge on any atom is -0.493 e. The molecular formula is C13H10BrClN2O2. The van der Waals surface area contributed by atoms with Gasteiger partial charge in [0.25, 0.3) is 5.56 Å². The average molecular weight is 342 g/mol. The topological polar surface area (TPSA) is 44.1 Å². The Morgan fingerprint density at radius 3 is 3.16 bits per heavy atom. The second kappa shape index (κ2) is 4.98. The molecule has 1 aromatic carbocycles. The summed E-state index contributed by atoms with van der Waals surface area (Å²) in [6.07, 6.45) is 4.03. The quantitative estimate of drug-likeness (QED) is 0.843. The van der Waals surface area contributed by atoms with Gasteiger partial charge in [0.2, 0.25) is 0 Å². The third-order valence-electron chi connectivity index (χ3n) is 3.04. The number of ether oxygens (including phenoxy) is 1. The third-order valence-corrected chi connectivity index (χ3v) is 3.75. The summed E-state index contributed by atoms with van der Waals surface area (Å²) < 4.78 is 8.16. The smallest absolute Gasteiger partial charge is 0.288 e. The first-order valence-electron chi connectivity index (χ1n) is 5.80. The lowest BCUT2D eigenvalue weighted by atomic mass is 10.1. The SMILES string of the molecule is O=c1c(Cl)nccn1Cc1cc(Br)cc2c1OCC2. The molecule has 1 aliphatic heterocycles. The highest BCUT2D eigenvalue weighted by Crippen LogP contribution is 2.33. The van der Waals surface area contributed by atoms with E-state index in [1.54, 1.807) is 6.20 Å². The molecule has 0 unspecified atom stereocenters. The Morgan fingerprint density at radius 1 is 1.47 bits per heavy atom. The maximum atomic E-state index is 11.9. The van der Waals surface area contributed by atoms with Crippen molar-refractivity contribution >= 4 is 27.5 Å². The van der Waals surface area contributed by atoms with Gasteiger partial charge in [-0.15, -0.1) is 0 Å².